The molecule has 0 radical (unpaired) electrons. The highest BCUT2D eigenvalue weighted by Gasteiger charge is 2.37. The average Bonchev–Trinajstić information content (AvgIpc) is 3.22. The largest absolute Gasteiger partial charge is 0.309 e. The summed E-state index contributed by atoms with van der Waals surface area (Å²) in [6.07, 6.45) is 4.83. The van der Waals surface area contributed by atoms with Crippen molar-refractivity contribution in [2.45, 2.75) is 37.6 Å². The number of hydrogen-bond acceptors (Lipinski definition) is 6. The molecular formula is C21H23N5O2S. The van der Waals surface area contributed by atoms with Gasteiger partial charge in [0.05, 0.1) is 16.6 Å². The Balaban J connectivity index is 1.63. The lowest BCUT2D eigenvalue weighted by Crippen LogP contribution is -2.31. The van der Waals surface area contributed by atoms with Gasteiger partial charge >= 0.3 is 0 Å². The Labute approximate surface area is 170 Å². The Kier molecular flexibility index (Phi) is 5.29. The van der Waals surface area contributed by atoms with E-state index in [0.29, 0.717) is 23.2 Å². The van der Waals surface area contributed by atoms with Crippen LogP contribution in [0.4, 0.5) is 11.8 Å². The van der Waals surface area contributed by atoms with E-state index in [1.165, 1.54) is 0 Å². The van der Waals surface area contributed by atoms with Crippen molar-refractivity contribution in [3.63, 3.8) is 0 Å². The molecule has 0 spiro atoms. The van der Waals surface area contributed by atoms with E-state index in [1.807, 2.05) is 38.1 Å². The molecule has 7 nitrogen and oxygen atoms in total. The minimum Gasteiger partial charge on any atom is -0.309 e. The first-order chi connectivity index (χ1) is 13.9. The standard InChI is InChI=1S/C21H23N5O2S/c1-15-9-10-17(14-16(15)2)29(27,28)26-13-4-7-19(26)18-6-3-8-20(24-18)25-21-22-11-5-12-23-21/h3,5-6,8-12,14,19H,4,7,13H2,1-2H3,(H,22,23,24,25)/t19-/m0/s1. The average molecular weight is 410 g/mol. The molecule has 3 heterocycles. The van der Waals surface area contributed by atoms with Gasteiger partial charge in [0.2, 0.25) is 16.0 Å². The second-order valence-electron chi connectivity index (χ2n) is 7.16. The number of anilines is 2. The quantitative estimate of drug-likeness (QED) is 0.690. The van der Waals surface area contributed by atoms with Gasteiger partial charge in [-0.3, -0.25) is 0 Å². The van der Waals surface area contributed by atoms with Crippen LogP contribution in [0.5, 0.6) is 0 Å². The van der Waals surface area contributed by atoms with Gasteiger partial charge in [-0.15, -0.1) is 0 Å². The van der Waals surface area contributed by atoms with E-state index < -0.39 is 10.0 Å². The molecule has 0 saturated carbocycles. The first-order valence-electron chi connectivity index (χ1n) is 9.55. The van der Waals surface area contributed by atoms with Crippen molar-refractivity contribution in [3.8, 4) is 0 Å². The number of aromatic nitrogens is 3. The van der Waals surface area contributed by atoms with Gasteiger partial charge in [-0.2, -0.15) is 4.31 Å². The number of sulfonamides is 1. The highest BCUT2D eigenvalue weighted by atomic mass is 32.2. The van der Waals surface area contributed by atoms with E-state index in [4.69, 9.17) is 0 Å². The molecule has 29 heavy (non-hydrogen) atoms. The normalized spacial score (nSPS) is 17.4. The second kappa shape index (κ2) is 7.88. The van der Waals surface area contributed by atoms with Gasteiger partial charge in [0.1, 0.15) is 5.82 Å². The highest BCUT2D eigenvalue weighted by Crippen LogP contribution is 2.36. The summed E-state index contributed by atoms with van der Waals surface area (Å²) >= 11 is 0. The zero-order valence-corrected chi connectivity index (χ0v) is 17.2. The SMILES string of the molecule is Cc1ccc(S(=O)(=O)N2CCC[C@H]2c2cccc(Nc3ncccn3)n2)cc1C. The molecule has 0 unspecified atom stereocenters. The lowest BCUT2D eigenvalue weighted by molar-refractivity contribution is 0.390. The summed E-state index contributed by atoms with van der Waals surface area (Å²) in [5, 5.41) is 3.07. The van der Waals surface area contributed by atoms with Crippen LogP contribution in [0, 0.1) is 13.8 Å². The summed E-state index contributed by atoms with van der Waals surface area (Å²) in [6.45, 7) is 4.39. The van der Waals surface area contributed by atoms with Crippen LogP contribution in [0.25, 0.3) is 0 Å². The van der Waals surface area contributed by atoms with Gasteiger partial charge in [-0.1, -0.05) is 12.1 Å². The number of aryl methyl sites for hydroxylation is 2. The van der Waals surface area contributed by atoms with Crippen molar-refractivity contribution in [2.24, 2.45) is 0 Å². The molecule has 0 amide bonds. The maximum absolute atomic E-state index is 13.3. The minimum atomic E-state index is -3.60. The van der Waals surface area contributed by atoms with Crippen molar-refractivity contribution < 1.29 is 8.42 Å². The van der Waals surface area contributed by atoms with Gasteiger partial charge < -0.3 is 5.32 Å². The lowest BCUT2D eigenvalue weighted by atomic mass is 10.1. The Morgan fingerprint density at radius 1 is 1.03 bits per heavy atom. The van der Waals surface area contributed by atoms with E-state index in [2.05, 4.69) is 20.3 Å². The van der Waals surface area contributed by atoms with E-state index in [-0.39, 0.29) is 6.04 Å². The molecule has 0 aliphatic carbocycles. The molecule has 1 N–H and O–H groups in total. The monoisotopic (exact) mass is 409 g/mol. The molecule has 0 bridgehead atoms. The van der Waals surface area contributed by atoms with E-state index in [0.717, 1.165) is 29.7 Å². The fraction of sp³-hybridized carbons (Fsp3) is 0.286. The summed E-state index contributed by atoms with van der Waals surface area (Å²) < 4.78 is 28.2. The molecule has 8 heteroatoms. The van der Waals surface area contributed by atoms with Crippen LogP contribution >= 0.6 is 0 Å². The molecule has 1 aliphatic heterocycles. The van der Waals surface area contributed by atoms with Gasteiger partial charge in [0.15, 0.2) is 0 Å². The fourth-order valence-electron chi connectivity index (χ4n) is 3.52. The number of nitrogens with zero attached hydrogens (tertiary/aromatic N) is 4. The zero-order chi connectivity index (χ0) is 20.4. The predicted octanol–water partition coefficient (Wildman–Crippen LogP) is 3.76. The van der Waals surface area contributed by atoms with E-state index in [9.17, 15) is 8.42 Å². The highest BCUT2D eigenvalue weighted by molar-refractivity contribution is 7.89. The zero-order valence-electron chi connectivity index (χ0n) is 16.4. The molecule has 2 aromatic heterocycles. The topological polar surface area (TPSA) is 88.1 Å². The third-order valence-electron chi connectivity index (χ3n) is 5.21. The number of rotatable bonds is 5. The molecule has 3 aromatic rings. The van der Waals surface area contributed by atoms with Gasteiger partial charge in [0.25, 0.3) is 0 Å². The second-order valence-corrected chi connectivity index (χ2v) is 9.06. The van der Waals surface area contributed by atoms with Crippen LogP contribution in [-0.2, 0) is 10.0 Å². The van der Waals surface area contributed by atoms with Crippen LogP contribution in [0.1, 0.15) is 35.7 Å². The summed E-state index contributed by atoms with van der Waals surface area (Å²) in [7, 11) is -3.60. The van der Waals surface area contributed by atoms with Gasteiger partial charge in [-0.05, 0) is 68.1 Å². The number of nitrogens with one attached hydrogen (secondary N) is 1. The Morgan fingerprint density at radius 2 is 1.83 bits per heavy atom. The number of pyridine rings is 1. The molecule has 4 rings (SSSR count). The molecule has 1 aromatic carbocycles. The summed E-state index contributed by atoms with van der Waals surface area (Å²) in [5.74, 6) is 1.03. The van der Waals surface area contributed by atoms with Crippen LogP contribution < -0.4 is 5.32 Å². The van der Waals surface area contributed by atoms with Gasteiger partial charge in [0, 0.05) is 18.9 Å². The van der Waals surface area contributed by atoms with Crippen molar-refractivity contribution in [1.29, 1.82) is 0 Å². The van der Waals surface area contributed by atoms with Crippen molar-refractivity contribution in [3.05, 3.63) is 71.7 Å². The smallest absolute Gasteiger partial charge is 0.243 e. The summed E-state index contributed by atoms with van der Waals surface area (Å²) in [5.41, 5.74) is 2.76. The third-order valence-corrected chi connectivity index (χ3v) is 7.11. The van der Waals surface area contributed by atoms with Crippen molar-refractivity contribution in [2.75, 3.05) is 11.9 Å². The lowest BCUT2D eigenvalue weighted by Gasteiger charge is -2.24. The Hall–Kier alpha value is -2.84. The number of benzene rings is 1. The fourth-order valence-corrected chi connectivity index (χ4v) is 5.27. The first kappa shape index (κ1) is 19.5. The third kappa shape index (κ3) is 3.99. The van der Waals surface area contributed by atoms with Crippen LogP contribution in [0.3, 0.4) is 0 Å². The molecule has 150 valence electrons. The van der Waals surface area contributed by atoms with Crippen molar-refractivity contribution in [1.82, 2.24) is 19.3 Å². The predicted molar refractivity (Wildman–Crippen MR) is 111 cm³/mol. The Bertz CT molecular complexity index is 1120. The minimum absolute atomic E-state index is 0.292. The molecule has 1 fully saturated rings. The van der Waals surface area contributed by atoms with Crippen LogP contribution in [-0.4, -0.2) is 34.2 Å². The van der Waals surface area contributed by atoms with Crippen LogP contribution in [0.2, 0.25) is 0 Å². The van der Waals surface area contributed by atoms with Crippen LogP contribution in [0.15, 0.2) is 59.8 Å². The maximum Gasteiger partial charge on any atom is 0.243 e. The molecular weight excluding hydrogens is 386 g/mol. The first-order valence-corrected chi connectivity index (χ1v) is 11.0. The van der Waals surface area contributed by atoms with E-state index >= 15 is 0 Å². The summed E-state index contributed by atoms with van der Waals surface area (Å²) in [6, 6.07) is 12.3. The molecule has 1 atom stereocenters. The maximum atomic E-state index is 13.3. The molecule has 1 saturated heterocycles. The Morgan fingerprint density at radius 3 is 2.59 bits per heavy atom. The number of hydrogen-bond donors (Lipinski definition) is 1. The summed E-state index contributed by atoms with van der Waals surface area (Å²) in [4.78, 5) is 13.3. The van der Waals surface area contributed by atoms with E-state index in [1.54, 1.807) is 34.9 Å². The van der Waals surface area contributed by atoms with Crippen molar-refractivity contribution >= 4 is 21.8 Å². The molecule has 1 aliphatic rings. The van der Waals surface area contributed by atoms with Gasteiger partial charge in [-0.25, -0.2) is 23.4 Å².